The van der Waals surface area contributed by atoms with Gasteiger partial charge in [-0.25, -0.2) is 4.39 Å². The number of nitrogens with zero attached hydrogens (tertiary/aromatic N) is 3. The van der Waals surface area contributed by atoms with Gasteiger partial charge in [-0.15, -0.1) is 22.0 Å². The SMILES string of the molecule is CSc1ccc(N(C)Cc2ccc(Cl)c(F)c2)nn1. The summed E-state index contributed by atoms with van der Waals surface area (Å²) in [6, 6.07) is 8.59. The number of hydrogen-bond donors (Lipinski definition) is 0. The van der Waals surface area contributed by atoms with Gasteiger partial charge in [0.25, 0.3) is 0 Å². The topological polar surface area (TPSA) is 29.0 Å². The Bertz CT molecular complexity index is 562. The van der Waals surface area contributed by atoms with Gasteiger partial charge in [-0.3, -0.25) is 0 Å². The first-order valence-corrected chi connectivity index (χ1v) is 7.23. The van der Waals surface area contributed by atoms with Crippen LogP contribution >= 0.6 is 23.4 Å². The number of thioether (sulfide) groups is 1. The van der Waals surface area contributed by atoms with Gasteiger partial charge in [-0.1, -0.05) is 17.7 Å². The van der Waals surface area contributed by atoms with Crippen LogP contribution in [0.25, 0.3) is 0 Å². The monoisotopic (exact) mass is 297 g/mol. The van der Waals surface area contributed by atoms with Crippen LogP contribution < -0.4 is 4.90 Å². The predicted molar refractivity (Wildman–Crippen MR) is 77.3 cm³/mol. The summed E-state index contributed by atoms with van der Waals surface area (Å²) in [6.45, 7) is 0.543. The Morgan fingerprint density at radius 3 is 2.63 bits per heavy atom. The van der Waals surface area contributed by atoms with E-state index < -0.39 is 5.82 Å². The fourth-order valence-electron chi connectivity index (χ4n) is 1.62. The Labute approximate surface area is 120 Å². The number of hydrogen-bond acceptors (Lipinski definition) is 4. The number of aromatic nitrogens is 2. The van der Waals surface area contributed by atoms with Crippen molar-refractivity contribution in [3.8, 4) is 0 Å². The second kappa shape index (κ2) is 6.21. The van der Waals surface area contributed by atoms with Crippen LogP contribution in [0.3, 0.4) is 0 Å². The molecule has 1 heterocycles. The van der Waals surface area contributed by atoms with Crippen molar-refractivity contribution in [1.82, 2.24) is 10.2 Å². The lowest BCUT2D eigenvalue weighted by Crippen LogP contribution is -2.18. The molecule has 0 spiro atoms. The highest BCUT2D eigenvalue weighted by Gasteiger charge is 2.07. The molecule has 0 saturated heterocycles. The zero-order valence-corrected chi connectivity index (χ0v) is 12.2. The third-order valence-corrected chi connectivity index (χ3v) is 3.57. The number of anilines is 1. The van der Waals surface area contributed by atoms with Crippen LogP contribution in [0, 0.1) is 5.82 Å². The largest absolute Gasteiger partial charge is 0.354 e. The molecule has 0 aliphatic rings. The summed E-state index contributed by atoms with van der Waals surface area (Å²) in [4.78, 5) is 1.90. The molecule has 6 heteroatoms. The summed E-state index contributed by atoms with van der Waals surface area (Å²) in [5.41, 5.74) is 0.833. The zero-order chi connectivity index (χ0) is 13.8. The first-order valence-electron chi connectivity index (χ1n) is 5.63. The molecule has 0 aliphatic carbocycles. The van der Waals surface area contributed by atoms with Crippen LogP contribution in [-0.2, 0) is 6.54 Å². The van der Waals surface area contributed by atoms with E-state index in [1.54, 1.807) is 23.9 Å². The molecule has 100 valence electrons. The average Bonchev–Trinajstić information content (AvgIpc) is 2.43. The molecule has 2 rings (SSSR count). The van der Waals surface area contributed by atoms with Gasteiger partial charge in [0.15, 0.2) is 5.82 Å². The molecular formula is C13H13ClFN3S. The Hall–Kier alpha value is -1.33. The standard InChI is InChI=1S/C13H13ClFN3S/c1-18(12-5-6-13(19-2)17-16-12)8-9-3-4-10(14)11(15)7-9/h3-7H,8H2,1-2H3. The highest BCUT2D eigenvalue weighted by Crippen LogP contribution is 2.19. The van der Waals surface area contributed by atoms with E-state index in [0.717, 1.165) is 16.4 Å². The molecule has 0 unspecified atom stereocenters. The maximum absolute atomic E-state index is 13.3. The van der Waals surface area contributed by atoms with Gasteiger partial charge in [0, 0.05) is 13.6 Å². The van der Waals surface area contributed by atoms with Crippen LogP contribution in [0.5, 0.6) is 0 Å². The van der Waals surface area contributed by atoms with E-state index in [1.807, 2.05) is 30.3 Å². The quantitative estimate of drug-likeness (QED) is 0.806. The minimum atomic E-state index is -0.406. The molecule has 2 aromatic rings. The molecule has 0 amide bonds. The van der Waals surface area contributed by atoms with Gasteiger partial charge in [0.2, 0.25) is 0 Å². The summed E-state index contributed by atoms with van der Waals surface area (Å²) < 4.78 is 13.3. The van der Waals surface area contributed by atoms with Crippen molar-refractivity contribution >= 4 is 29.2 Å². The van der Waals surface area contributed by atoms with E-state index in [-0.39, 0.29) is 5.02 Å². The summed E-state index contributed by atoms with van der Waals surface area (Å²) in [5, 5.41) is 9.19. The summed E-state index contributed by atoms with van der Waals surface area (Å²) in [7, 11) is 1.88. The highest BCUT2D eigenvalue weighted by atomic mass is 35.5. The Kier molecular flexibility index (Phi) is 4.61. The van der Waals surface area contributed by atoms with Crippen LogP contribution in [-0.4, -0.2) is 23.5 Å². The molecule has 1 aromatic carbocycles. The average molecular weight is 298 g/mol. The maximum Gasteiger partial charge on any atom is 0.151 e. The maximum atomic E-state index is 13.3. The van der Waals surface area contributed by atoms with E-state index in [1.165, 1.54) is 6.07 Å². The predicted octanol–water partition coefficient (Wildman–Crippen LogP) is 3.63. The lowest BCUT2D eigenvalue weighted by atomic mass is 10.2. The Morgan fingerprint density at radius 2 is 2.05 bits per heavy atom. The summed E-state index contributed by atoms with van der Waals surface area (Å²) in [6.07, 6.45) is 1.95. The molecule has 19 heavy (non-hydrogen) atoms. The molecule has 0 atom stereocenters. The van der Waals surface area contributed by atoms with Crippen molar-refractivity contribution < 1.29 is 4.39 Å². The normalized spacial score (nSPS) is 10.5. The summed E-state index contributed by atoms with van der Waals surface area (Å²) >= 11 is 7.19. The Morgan fingerprint density at radius 1 is 1.26 bits per heavy atom. The van der Waals surface area contributed by atoms with E-state index in [2.05, 4.69) is 10.2 Å². The van der Waals surface area contributed by atoms with Gasteiger partial charge in [0.1, 0.15) is 10.8 Å². The lowest BCUT2D eigenvalue weighted by molar-refractivity contribution is 0.625. The van der Waals surface area contributed by atoms with E-state index >= 15 is 0 Å². The van der Waals surface area contributed by atoms with Crippen molar-refractivity contribution in [3.63, 3.8) is 0 Å². The second-order valence-corrected chi connectivity index (χ2v) is 5.27. The molecule has 0 aliphatic heterocycles. The van der Waals surface area contributed by atoms with Gasteiger partial charge in [-0.05, 0) is 36.1 Å². The molecule has 0 N–H and O–H groups in total. The van der Waals surface area contributed by atoms with Gasteiger partial charge in [0.05, 0.1) is 5.02 Å². The van der Waals surface area contributed by atoms with Crippen molar-refractivity contribution in [2.24, 2.45) is 0 Å². The third kappa shape index (κ3) is 3.58. The number of benzene rings is 1. The third-order valence-electron chi connectivity index (χ3n) is 2.63. The van der Waals surface area contributed by atoms with E-state index in [0.29, 0.717) is 6.54 Å². The minimum Gasteiger partial charge on any atom is -0.354 e. The molecule has 1 aromatic heterocycles. The van der Waals surface area contributed by atoms with Crippen LogP contribution in [0.1, 0.15) is 5.56 Å². The van der Waals surface area contributed by atoms with Crippen LogP contribution in [0.15, 0.2) is 35.4 Å². The fraction of sp³-hybridized carbons (Fsp3) is 0.231. The zero-order valence-electron chi connectivity index (χ0n) is 10.6. The van der Waals surface area contributed by atoms with Crippen molar-refractivity contribution in [3.05, 3.63) is 46.7 Å². The van der Waals surface area contributed by atoms with Crippen molar-refractivity contribution in [1.29, 1.82) is 0 Å². The number of rotatable bonds is 4. The smallest absolute Gasteiger partial charge is 0.151 e. The molecule has 0 saturated carbocycles. The fourth-order valence-corrected chi connectivity index (χ4v) is 2.06. The van der Waals surface area contributed by atoms with Crippen molar-refractivity contribution in [2.45, 2.75) is 11.6 Å². The van der Waals surface area contributed by atoms with E-state index in [9.17, 15) is 4.39 Å². The lowest BCUT2D eigenvalue weighted by Gasteiger charge is -2.17. The van der Waals surface area contributed by atoms with Gasteiger partial charge >= 0.3 is 0 Å². The van der Waals surface area contributed by atoms with Gasteiger partial charge in [-0.2, -0.15) is 0 Å². The molecular weight excluding hydrogens is 285 g/mol. The molecule has 3 nitrogen and oxygen atoms in total. The highest BCUT2D eigenvalue weighted by molar-refractivity contribution is 7.98. The Balaban J connectivity index is 2.10. The van der Waals surface area contributed by atoms with Crippen LogP contribution in [0.2, 0.25) is 5.02 Å². The number of halogens is 2. The van der Waals surface area contributed by atoms with Crippen LogP contribution in [0.4, 0.5) is 10.2 Å². The van der Waals surface area contributed by atoms with Crippen molar-refractivity contribution in [2.75, 3.05) is 18.2 Å². The van der Waals surface area contributed by atoms with Gasteiger partial charge < -0.3 is 4.90 Å². The minimum absolute atomic E-state index is 0.135. The summed E-state index contributed by atoms with van der Waals surface area (Å²) in [5.74, 6) is 0.338. The first kappa shape index (κ1) is 14.1. The molecule has 0 fully saturated rings. The molecule has 0 radical (unpaired) electrons. The second-order valence-electron chi connectivity index (χ2n) is 4.04. The van der Waals surface area contributed by atoms with E-state index in [4.69, 9.17) is 11.6 Å². The first-order chi connectivity index (χ1) is 9.10. The molecule has 0 bridgehead atoms.